The predicted molar refractivity (Wildman–Crippen MR) is 215 cm³/mol. The lowest BCUT2D eigenvalue weighted by Gasteiger charge is -2.11. The number of benzene rings is 8. The third-order valence-corrected chi connectivity index (χ3v) is 10.6. The molecule has 0 bridgehead atoms. The second-order valence-corrected chi connectivity index (χ2v) is 13.4. The second kappa shape index (κ2) is 10.8. The Morgan fingerprint density at radius 2 is 0.706 bits per heavy atom. The lowest BCUT2D eigenvalue weighted by atomic mass is 10.0. The molecule has 0 fully saturated rings. The van der Waals surface area contributed by atoms with Crippen LogP contribution in [0, 0.1) is 0 Å². The van der Waals surface area contributed by atoms with Crippen molar-refractivity contribution < 1.29 is 0 Å². The molecule has 51 heavy (non-hydrogen) atoms. The van der Waals surface area contributed by atoms with Gasteiger partial charge >= 0.3 is 0 Å². The number of rotatable bonds is 4. The Morgan fingerprint density at radius 3 is 1.39 bits per heavy atom. The highest BCUT2D eigenvalue weighted by Gasteiger charge is 2.21. The van der Waals surface area contributed by atoms with Crippen LogP contribution in [0.15, 0.2) is 188 Å². The molecule has 3 heterocycles. The van der Waals surface area contributed by atoms with Crippen LogP contribution in [0.2, 0.25) is 0 Å². The van der Waals surface area contributed by atoms with Crippen molar-refractivity contribution >= 4 is 65.4 Å². The largest absolute Gasteiger partial charge is 0.309 e. The van der Waals surface area contributed by atoms with Gasteiger partial charge in [-0.1, -0.05) is 115 Å². The van der Waals surface area contributed by atoms with E-state index in [-0.39, 0.29) is 0 Å². The molecule has 3 heteroatoms. The number of para-hydroxylation sites is 5. The van der Waals surface area contributed by atoms with Crippen molar-refractivity contribution in [2.45, 2.75) is 0 Å². The smallest absolute Gasteiger partial charge is 0.0641 e. The molecular formula is C48H31N3. The van der Waals surface area contributed by atoms with E-state index in [4.69, 9.17) is 0 Å². The Labute approximate surface area is 294 Å². The molecule has 3 aromatic heterocycles. The molecule has 0 aliphatic heterocycles. The zero-order chi connectivity index (χ0) is 33.5. The quantitative estimate of drug-likeness (QED) is 0.180. The summed E-state index contributed by atoms with van der Waals surface area (Å²) >= 11 is 0. The Balaban J connectivity index is 1.10. The van der Waals surface area contributed by atoms with Gasteiger partial charge in [0.15, 0.2) is 0 Å². The van der Waals surface area contributed by atoms with E-state index in [0.29, 0.717) is 0 Å². The molecular weight excluding hydrogens is 619 g/mol. The van der Waals surface area contributed by atoms with E-state index in [0.717, 1.165) is 5.69 Å². The van der Waals surface area contributed by atoms with Crippen molar-refractivity contribution in [1.29, 1.82) is 0 Å². The van der Waals surface area contributed by atoms with E-state index >= 15 is 0 Å². The van der Waals surface area contributed by atoms with Crippen LogP contribution >= 0.6 is 0 Å². The van der Waals surface area contributed by atoms with Gasteiger partial charge in [0.1, 0.15) is 0 Å². The van der Waals surface area contributed by atoms with Gasteiger partial charge < -0.3 is 13.7 Å². The topological polar surface area (TPSA) is 14.8 Å². The highest BCUT2D eigenvalue weighted by molar-refractivity contribution is 6.26. The minimum absolute atomic E-state index is 1.15. The van der Waals surface area contributed by atoms with Gasteiger partial charge in [-0.15, -0.1) is 0 Å². The van der Waals surface area contributed by atoms with Crippen molar-refractivity contribution in [2.24, 2.45) is 0 Å². The summed E-state index contributed by atoms with van der Waals surface area (Å²) in [6, 6.07) is 68.3. The summed E-state index contributed by atoms with van der Waals surface area (Å²) < 4.78 is 7.24. The number of nitrogens with zero attached hydrogens (tertiary/aromatic N) is 3. The molecule has 238 valence electrons. The normalized spacial score (nSPS) is 11.9. The maximum absolute atomic E-state index is 2.44. The van der Waals surface area contributed by atoms with E-state index in [1.807, 2.05) is 0 Å². The first-order valence-corrected chi connectivity index (χ1v) is 17.5. The summed E-state index contributed by atoms with van der Waals surface area (Å²) in [5.41, 5.74) is 13.2. The van der Waals surface area contributed by atoms with E-state index in [2.05, 4.69) is 202 Å². The molecule has 0 radical (unpaired) electrons. The SMILES string of the molecule is c1ccc(-n2c3ccccc3c3cc(-c4ccc(-n5c6ccccc6c6c5ccc5c7ccccc7n(-c7ccccc7)c56)cc4)ccc32)cc1. The maximum atomic E-state index is 2.44. The summed E-state index contributed by atoms with van der Waals surface area (Å²) in [5, 5.41) is 7.58. The number of fused-ring (bicyclic) bond motifs is 10. The third-order valence-electron chi connectivity index (χ3n) is 10.6. The first-order valence-electron chi connectivity index (χ1n) is 17.5. The van der Waals surface area contributed by atoms with Gasteiger partial charge in [0.25, 0.3) is 0 Å². The Bertz CT molecular complexity index is 3110. The van der Waals surface area contributed by atoms with Gasteiger partial charge in [0, 0.05) is 49.4 Å². The molecule has 0 saturated carbocycles. The molecule has 0 spiro atoms. The van der Waals surface area contributed by atoms with Gasteiger partial charge in [0.2, 0.25) is 0 Å². The number of hydrogen-bond donors (Lipinski definition) is 0. The molecule has 0 unspecified atom stereocenters. The standard InChI is InChI=1S/C48H31N3/c1-3-13-34(14-4-1)49-42-20-10-8-18-38(42)41-31-33(25-29-45(41)49)32-23-26-36(27-24-32)50-44-22-12-9-19-40(44)47-46(50)30-28-39-37-17-7-11-21-43(37)51(48(39)47)35-15-5-2-6-16-35/h1-31H. The molecule has 0 N–H and O–H groups in total. The zero-order valence-electron chi connectivity index (χ0n) is 27.7. The zero-order valence-corrected chi connectivity index (χ0v) is 27.7. The highest BCUT2D eigenvalue weighted by atomic mass is 15.0. The molecule has 0 aliphatic carbocycles. The van der Waals surface area contributed by atoms with Crippen LogP contribution in [-0.4, -0.2) is 13.7 Å². The van der Waals surface area contributed by atoms with Gasteiger partial charge in [-0.2, -0.15) is 0 Å². The number of aromatic nitrogens is 3. The van der Waals surface area contributed by atoms with Crippen molar-refractivity contribution in [1.82, 2.24) is 13.7 Å². The molecule has 0 aliphatic rings. The van der Waals surface area contributed by atoms with Crippen LogP contribution in [0.3, 0.4) is 0 Å². The van der Waals surface area contributed by atoms with E-state index in [1.54, 1.807) is 0 Å². The van der Waals surface area contributed by atoms with Crippen LogP contribution in [-0.2, 0) is 0 Å². The average molecular weight is 650 g/mol. The average Bonchev–Trinajstić information content (AvgIpc) is 3.84. The fourth-order valence-electron chi connectivity index (χ4n) is 8.44. The number of hydrogen-bond acceptors (Lipinski definition) is 0. The van der Waals surface area contributed by atoms with Crippen molar-refractivity contribution in [2.75, 3.05) is 0 Å². The Kier molecular flexibility index (Phi) is 5.96. The minimum atomic E-state index is 1.15. The van der Waals surface area contributed by atoms with E-state index in [1.165, 1.54) is 87.9 Å². The highest BCUT2D eigenvalue weighted by Crippen LogP contribution is 2.42. The van der Waals surface area contributed by atoms with Crippen molar-refractivity contribution in [3.05, 3.63) is 188 Å². The monoisotopic (exact) mass is 649 g/mol. The summed E-state index contributed by atoms with van der Waals surface area (Å²) in [7, 11) is 0. The van der Waals surface area contributed by atoms with E-state index < -0.39 is 0 Å². The van der Waals surface area contributed by atoms with Crippen LogP contribution in [0.4, 0.5) is 0 Å². The molecule has 0 atom stereocenters. The molecule has 0 amide bonds. The predicted octanol–water partition coefficient (Wildman–Crippen LogP) is 12.6. The maximum Gasteiger partial charge on any atom is 0.0641 e. The molecule has 0 saturated heterocycles. The summed E-state index contributed by atoms with van der Waals surface area (Å²) in [4.78, 5) is 0. The van der Waals surface area contributed by atoms with Crippen LogP contribution in [0.25, 0.3) is 93.6 Å². The minimum Gasteiger partial charge on any atom is -0.309 e. The summed E-state index contributed by atoms with van der Waals surface area (Å²) in [5.74, 6) is 0. The summed E-state index contributed by atoms with van der Waals surface area (Å²) in [6.45, 7) is 0. The molecule has 11 aromatic rings. The lowest BCUT2D eigenvalue weighted by Crippen LogP contribution is -1.95. The molecule has 8 aromatic carbocycles. The van der Waals surface area contributed by atoms with Crippen LogP contribution in [0.5, 0.6) is 0 Å². The van der Waals surface area contributed by atoms with Crippen molar-refractivity contribution in [3.8, 4) is 28.2 Å². The third kappa shape index (κ3) is 4.06. The van der Waals surface area contributed by atoms with Crippen LogP contribution in [0.1, 0.15) is 0 Å². The van der Waals surface area contributed by atoms with Gasteiger partial charge in [0.05, 0.1) is 33.1 Å². The second-order valence-electron chi connectivity index (χ2n) is 13.4. The molecule has 11 rings (SSSR count). The van der Waals surface area contributed by atoms with Gasteiger partial charge in [-0.3, -0.25) is 0 Å². The van der Waals surface area contributed by atoms with Crippen LogP contribution < -0.4 is 0 Å². The Hall–Kier alpha value is -6.84. The molecule has 3 nitrogen and oxygen atoms in total. The first kappa shape index (κ1) is 28.0. The fraction of sp³-hybridized carbons (Fsp3) is 0. The van der Waals surface area contributed by atoms with Gasteiger partial charge in [-0.25, -0.2) is 0 Å². The fourth-order valence-corrected chi connectivity index (χ4v) is 8.44. The Morgan fingerprint density at radius 1 is 0.255 bits per heavy atom. The van der Waals surface area contributed by atoms with Crippen molar-refractivity contribution in [3.63, 3.8) is 0 Å². The first-order chi connectivity index (χ1) is 25.3. The van der Waals surface area contributed by atoms with E-state index in [9.17, 15) is 0 Å². The lowest BCUT2D eigenvalue weighted by molar-refractivity contribution is 1.17. The van der Waals surface area contributed by atoms with Gasteiger partial charge in [-0.05, 0) is 83.9 Å². The summed E-state index contributed by atoms with van der Waals surface area (Å²) in [6.07, 6.45) is 0.